The molecule has 0 unspecified atom stereocenters. The van der Waals surface area contributed by atoms with E-state index in [1.165, 1.54) is 69.7 Å². The highest BCUT2D eigenvalue weighted by Gasteiger charge is 2.19. The van der Waals surface area contributed by atoms with Gasteiger partial charge in [-0.2, -0.15) is 0 Å². The number of anilines is 3. The van der Waals surface area contributed by atoms with Gasteiger partial charge in [-0.15, -0.1) is 11.3 Å². The Balaban J connectivity index is 1.12. The Morgan fingerprint density at radius 1 is 0.370 bits per heavy atom. The largest absolute Gasteiger partial charge is 0.310 e. The van der Waals surface area contributed by atoms with Crippen LogP contribution in [0, 0.1) is 0 Å². The van der Waals surface area contributed by atoms with Crippen molar-refractivity contribution in [2.75, 3.05) is 4.90 Å². The monoisotopic (exact) mass is 704 g/mol. The molecule has 3 heteroatoms. The van der Waals surface area contributed by atoms with Gasteiger partial charge in [-0.1, -0.05) is 152 Å². The standard InChI is InChI=1S/C51H32N2S/c1-2-12-37(13-3-1)51-52-46-29-26-36-22-21-35-23-25-41-32-43(27-28-45(41)48(35)49(36)50(46)54-51)53(47-19-9-15-34-11-6-7-18-44(34)47)42-17-8-16-39(31-42)40-24-20-33-10-4-5-14-38(33)30-40/h1-32H. The predicted octanol–water partition coefficient (Wildman–Crippen LogP) is 14.9. The highest BCUT2D eigenvalue weighted by atomic mass is 32.1. The van der Waals surface area contributed by atoms with Crippen LogP contribution in [0.3, 0.4) is 0 Å². The minimum absolute atomic E-state index is 1.04. The third kappa shape index (κ3) is 5.05. The van der Waals surface area contributed by atoms with Crippen LogP contribution < -0.4 is 4.90 Å². The van der Waals surface area contributed by atoms with E-state index in [2.05, 4.69) is 199 Å². The van der Waals surface area contributed by atoms with Gasteiger partial charge in [0.05, 0.1) is 15.9 Å². The number of nitrogens with zero attached hydrogens (tertiary/aromatic N) is 2. The van der Waals surface area contributed by atoms with Gasteiger partial charge in [-0.05, 0) is 96.7 Å². The smallest absolute Gasteiger partial charge is 0.124 e. The molecule has 0 aliphatic heterocycles. The fourth-order valence-corrected chi connectivity index (χ4v) is 9.33. The molecule has 0 fully saturated rings. The number of hydrogen-bond acceptors (Lipinski definition) is 3. The number of fused-ring (bicyclic) bond motifs is 9. The van der Waals surface area contributed by atoms with Crippen molar-refractivity contribution in [1.82, 2.24) is 4.98 Å². The number of rotatable bonds is 5. The molecule has 10 aromatic carbocycles. The first-order chi connectivity index (χ1) is 26.7. The summed E-state index contributed by atoms with van der Waals surface area (Å²) in [4.78, 5) is 7.53. The molecule has 0 saturated heterocycles. The Kier molecular flexibility index (Phi) is 7.07. The van der Waals surface area contributed by atoms with E-state index < -0.39 is 0 Å². The lowest BCUT2D eigenvalue weighted by Crippen LogP contribution is -2.10. The summed E-state index contributed by atoms with van der Waals surface area (Å²) in [6, 6.07) is 70.6. The van der Waals surface area contributed by atoms with Crippen LogP contribution in [0.1, 0.15) is 0 Å². The van der Waals surface area contributed by atoms with Crippen molar-refractivity contribution < 1.29 is 0 Å². The molecule has 0 bridgehead atoms. The van der Waals surface area contributed by atoms with Gasteiger partial charge >= 0.3 is 0 Å². The molecule has 0 radical (unpaired) electrons. The molecule has 2 nitrogen and oxygen atoms in total. The molecule has 0 atom stereocenters. The van der Waals surface area contributed by atoms with E-state index in [1.807, 2.05) is 0 Å². The average Bonchev–Trinajstić information content (AvgIpc) is 3.69. The first kappa shape index (κ1) is 30.8. The Bertz CT molecular complexity index is 3230. The highest BCUT2D eigenvalue weighted by Crippen LogP contribution is 2.44. The predicted molar refractivity (Wildman–Crippen MR) is 233 cm³/mol. The molecular formula is C51H32N2S. The molecule has 54 heavy (non-hydrogen) atoms. The SMILES string of the molecule is c1ccc(-c2nc3ccc4ccc5ccc6cc(N(c7cccc(-c8ccc9ccccc9c8)c7)c7cccc8ccccc78)ccc6c5c4c3s2)cc1. The molecule has 0 amide bonds. The van der Waals surface area contributed by atoms with Gasteiger partial charge in [0.15, 0.2) is 0 Å². The second-order valence-corrected chi connectivity index (χ2v) is 15.0. The summed E-state index contributed by atoms with van der Waals surface area (Å²) in [7, 11) is 0. The average molecular weight is 705 g/mol. The number of thiazole rings is 1. The van der Waals surface area contributed by atoms with Crippen molar-refractivity contribution >= 4 is 92.5 Å². The fourth-order valence-electron chi connectivity index (χ4n) is 8.20. The van der Waals surface area contributed by atoms with E-state index in [9.17, 15) is 0 Å². The maximum absolute atomic E-state index is 5.10. The van der Waals surface area contributed by atoms with Crippen molar-refractivity contribution in [3.63, 3.8) is 0 Å². The van der Waals surface area contributed by atoms with Crippen molar-refractivity contribution in [1.29, 1.82) is 0 Å². The highest BCUT2D eigenvalue weighted by molar-refractivity contribution is 7.22. The minimum Gasteiger partial charge on any atom is -0.310 e. The molecular weight excluding hydrogens is 673 g/mol. The van der Waals surface area contributed by atoms with Crippen molar-refractivity contribution in [2.45, 2.75) is 0 Å². The number of aromatic nitrogens is 1. The summed E-state index contributed by atoms with van der Waals surface area (Å²) >= 11 is 1.79. The molecule has 0 aliphatic rings. The third-order valence-corrected chi connectivity index (χ3v) is 11.9. The van der Waals surface area contributed by atoms with Crippen LogP contribution in [-0.4, -0.2) is 4.98 Å². The Morgan fingerprint density at radius 3 is 1.91 bits per heavy atom. The van der Waals surface area contributed by atoms with Crippen molar-refractivity contribution in [2.24, 2.45) is 0 Å². The maximum Gasteiger partial charge on any atom is 0.124 e. The van der Waals surface area contributed by atoms with Crippen LogP contribution >= 0.6 is 11.3 Å². The summed E-state index contributed by atoms with van der Waals surface area (Å²) in [6.07, 6.45) is 0. The normalized spacial score (nSPS) is 11.7. The zero-order valence-electron chi connectivity index (χ0n) is 29.3. The number of benzene rings is 10. The van der Waals surface area contributed by atoms with Crippen molar-refractivity contribution in [3.8, 4) is 21.7 Å². The lowest BCUT2D eigenvalue weighted by Gasteiger charge is -2.28. The Labute approximate surface area is 316 Å². The summed E-state index contributed by atoms with van der Waals surface area (Å²) in [5.74, 6) is 0. The quantitative estimate of drug-likeness (QED) is 0.166. The zero-order chi connectivity index (χ0) is 35.6. The van der Waals surface area contributed by atoms with E-state index in [-0.39, 0.29) is 0 Å². The van der Waals surface area contributed by atoms with Gasteiger partial charge in [0.25, 0.3) is 0 Å². The molecule has 0 aliphatic carbocycles. The molecule has 252 valence electrons. The van der Waals surface area contributed by atoms with Crippen LogP contribution in [0.2, 0.25) is 0 Å². The van der Waals surface area contributed by atoms with Gasteiger partial charge in [-0.3, -0.25) is 0 Å². The van der Waals surface area contributed by atoms with E-state index in [1.54, 1.807) is 11.3 Å². The second-order valence-electron chi connectivity index (χ2n) is 14.0. The summed E-state index contributed by atoms with van der Waals surface area (Å²) < 4.78 is 1.23. The Hall–Kier alpha value is -6.81. The first-order valence-corrected chi connectivity index (χ1v) is 19.2. The summed E-state index contributed by atoms with van der Waals surface area (Å²) in [5.41, 5.74) is 7.96. The van der Waals surface area contributed by atoms with Crippen LogP contribution in [0.5, 0.6) is 0 Å². The molecule has 0 saturated carbocycles. The lowest BCUT2D eigenvalue weighted by molar-refractivity contribution is 1.30. The summed E-state index contributed by atoms with van der Waals surface area (Å²) in [5, 5.41) is 13.4. The Morgan fingerprint density at radius 2 is 1.02 bits per heavy atom. The molecule has 1 heterocycles. The van der Waals surface area contributed by atoms with Gasteiger partial charge < -0.3 is 4.90 Å². The van der Waals surface area contributed by atoms with Gasteiger partial charge in [0.2, 0.25) is 0 Å². The van der Waals surface area contributed by atoms with Gasteiger partial charge in [0.1, 0.15) is 5.01 Å². The van der Waals surface area contributed by atoms with E-state index in [4.69, 9.17) is 4.98 Å². The molecule has 11 rings (SSSR count). The van der Waals surface area contributed by atoms with Gasteiger partial charge in [0, 0.05) is 27.7 Å². The van der Waals surface area contributed by atoms with E-state index >= 15 is 0 Å². The minimum atomic E-state index is 1.04. The van der Waals surface area contributed by atoms with Crippen LogP contribution in [0.25, 0.3) is 85.8 Å². The van der Waals surface area contributed by atoms with Crippen LogP contribution in [0.15, 0.2) is 194 Å². The molecule has 0 N–H and O–H groups in total. The van der Waals surface area contributed by atoms with E-state index in [0.717, 1.165) is 33.1 Å². The maximum atomic E-state index is 5.10. The van der Waals surface area contributed by atoms with Crippen LogP contribution in [0.4, 0.5) is 17.1 Å². The van der Waals surface area contributed by atoms with Gasteiger partial charge in [-0.25, -0.2) is 4.98 Å². The topological polar surface area (TPSA) is 16.1 Å². The second kappa shape index (κ2) is 12.4. The van der Waals surface area contributed by atoms with E-state index in [0.29, 0.717) is 0 Å². The van der Waals surface area contributed by atoms with Crippen LogP contribution in [-0.2, 0) is 0 Å². The lowest BCUT2D eigenvalue weighted by atomic mass is 9.95. The number of hydrogen-bond donors (Lipinski definition) is 0. The molecule has 1 aromatic heterocycles. The third-order valence-electron chi connectivity index (χ3n) is 10.8. The molecule has 0 spiro atoms. The molecule has 11 aromatic rings. The zero-order valence-corrected chi connectivity index (χ0v) is 30.1. The fraction of sp³-hybridized carbons (Fsp3) is 0. The first-order valence-electron chi connectivity index (χ1n) is 18.4. The summed E-state index contributed by atoms with van der Waals surface area (Å²) in [6.45, 7) is 0. The van der Waals surface area contributed by atoms with Crippen molar-refractivity contribution in [3.05, 3.63) is 194 Å².